The van der Waals surface area contributed by atoms with E-state index in [1.54, 1.807) is 23.1 Å². The van der Waals surface area contributed by atoms with Crippen LogP contribution in [0.4, 0.5) is 18.9 Å². The summed E-state index contributed by atoms with van der Waals surface area (Å²) >= 11 is 0. The highest BCUT2D eigenvalue weighted by atomic mass is 19.4. The van der Waals surface area contributed by atoms with Crippen LogP contribution in [0.15, 0.2) is 48.5 Å². The largest absolute Gasteiger partial charge is 0.416 e. The molecule has 2 aromatic carbocycles. The number of carbonyl (C=O) groups excluding carboxylic acids is 2. The van der Waals surface area contributed by atoms with Crippen molar-refractivity contribution in [2.45, 2.75) is 26.1 Å². The average molecular weight is 420 g/mol. The third-order valence-corrected chi connectivity index (χ3v) is 5.16. The van der Waals surface area contributed by atoms with Crippen LogP contribution in [0.3, 0.4) is 0 Å². The van der Waals surface area contributed by atoms with Crippen LogP contribution in [-0.2, 0) is 28.7 Å². The molecule has 2 N–H and O–H groups in total. The summed E-state index contributed by atoms with van der Waals surface area (Å²) in [5.74, 6) is -0.121. The van der Waals surface area contributed by atoms with Crippen molar-refractivity contribution in [2.24, 2.45) is 0 Å². The van der Waals surface area contributed by atoms with E-state index >= 15 is 0 Å². The van der Waals surface area contributed by atoms with E-state index in [4.69, 9.17) is 0 Å². The Balaban J connectivity index is 1.49. The van der Waals surface area contributed by atoms with Crippen molar-refractivity contribution < 1.29 is 27.7 Å². The van der Waals surface area contributed by atoms with Gasteiger partial charge in [0.05, 0.1) is 38.2 Å². The Bertz CT molecular complexity index is 889. The third-order valence-electron chi connectivity index (χ3n) is 5.16. The van der Waals surface area contributed by atoms with Gasteiger partial charge in [-0.2, -0.15) is 13.2 Å². The monoisotopic (exact) mass is 420 g/mol. The number of quaternary nitrogens is 1. The number of nitrogens with zero attached hydrogens (tertiary/aromatic N) is 1. The minimum Gasteiger partial charge on any atom is -0.331 e. The minimum absolute atomic E-state index is 0.0281. The molecule has 3 rings (SSSR count). The van der Waals surface area contributed by atoms with Gasteiger partial charge in [-0.1, -0.05) is 24.3 Å². The molecule has 0 spiro atoms. The Morgan fingerprint density at radius 1 is 1.03 bits per heavy atom. The predicted molar refractivity (Wildman–Crippen MR) is 107 cm³/mol. The molecule has 160 valence electrons. The van der Waals surface area contributed by atoms with E-state index in [1.807, 2.05) is 12.1 Å². The molecule has 0 aromatic heterocycles. The molecule has 0 radical (unpaired) electrons. The zero-order valence-electron chi connectivity index (χ0n) is 16.8. The van der Waals surface area contributed by atoms with Gasteiger partial charge in [0.25, 0.3) is 0 Å². The van der Waals surface area contributed by atoms with Gasteiger partial charge in [-0.05, 0) is 29.8 Å². The molecule has 30 heavy (non-hydrogen) atoms. The lowest BCUT2D eigenvalue weighted by molar-refractivity contribution is -0.917. The standard InChI is InChI=1S/C22H24F3N3O2/c1-16(29)26-20-7-5-17(6-8-20)14-21(30)28-11-9-27(10-12-28)15-18-3-2-4-19(13-18)22(23,24)25/h2-8,13H,9-12,14-15H2,1H3,(H,26,29)/p+1. The van der Waals surface area contributed by atoms with E-state index in [2.05, 4.69) is 5.32 Å². The van der Waals surface area contributed by atoms with Crippen molar-refractivity contribution in [2.75, 3.05) is 31.5 Å². The fourth-order valence-corrected chi connectivity index (χ4v) is 3.59. The molecular formula is C22H25F3N3O2+. The minimum atomic E-state index is -4.34. The van der Waals surface area contributed by atoms with Gasteiger partial charge in [0.15, 0.2) is 0 Å². The van der Waals surface area contributed by atoms with Crippen LogP contribution in [0.25, 0.3) is 0 Å². The molecule has 1 heterocycles. The Kier molecular flexibility index (Phi) is 6.77. The van der Waals surface area contributed by atoms with Crippen LogP contribution >= 0.6 is 0 Å². The molecule has 5 nitrogen and oxygen atoms in total. The van der Waals surface area contributed by atoms with Crippen LogP contribution in [0, 0.1) is 0 Å². The van der Waals surface area contributed by atoms with Gasteiger partial charge >= 0.3 is 6.18 Å². The van der Waals surface area contributed by atoms with Crippen LogP contribution in [0.5, 0.6) is 0 Å². The van der Waals surface area contributed by atoms with Crippen molar-refractivity contribution in [3.63, 3.8) is 0 Å². The number of rotatable bonds is 5. The molecule has 0 atom stereocenters. The normalized spacial score (nSPS) is 15.1. The molecule has 1 aliphatic rings. The second-order valence-electron chi connectivity index (χ2n) is 7.56. The number of hydrogen-bond acceptors (Lipinski definition) is 2. The van der Waals surface area contributed by atoms with E-state index < -0.39 is 11.7 Å². The van der Waals surface area contributed by atoms with Gasteiger partial charge in [-0.15, -0.1) is 0 Å². The number of piperazine rings is 1. The number of benzene rings is 2. The highest BCUT2D eigenvalue weighted by Crippen LogP contribution is 2.29. The zero-order chi connectivity index (χ0) is 21.7. The first-order valence-corrected chi connectivity index (χ1v) is 9.85. The van der Waals surface area contributed by atoms with Gasteiger partial charge in [0, 0.05) is 18.2 Å². The number of amides is 2. The number of halogens is 3. The van der Waals surface area contributed by atoms with Gasteiger partial charge in [-0.25, -0.2) is 0 Å². The highest BCUT2D eigenvalue weighted by molar-refractivity contribution is 5.88. The van der Waals surface area contributed by atoms with Gasteiger partial charge in [0.1, 0.15) is 6.54 Å². The molecule has 0 saturated carbocycles. The molecular weight excluding hydrogens is 395 g/mol. The van der Waals surface area contributed by atoms with Gasteiger partial charge in [0.2, 0.25) is 11.8 Å². The van der Waals surface area contributed by atoms with Crippen LogP contribution in [-0.4, -0.2) is 42.9 Å². The maximum atomic E-state index is 12.9. The van der Waals surface area contributed by atoms with Crippen LogP contribution < -0.4 is 10.2 Å². The Labute approximate surface area is 173 Å². The summed E-state index contributed by atoms with van der Waals surface area (Å²) in [6.07, 6.45) is -4.06. The van der Waals surface area contributed by atoms with E-state index in [0.29, 0.717) is 44.0 Å². The zero-order valence-corrected chi connectivity index (χ0v) is 16.8. The summed E-state index contributed by atoms with van der Waals surface area (Å²) in [4.78, 5) is 26.6. The fraction of sp³-hybridized carbons (Fsp3) is 0.364. The molecule has 1 saturated heterocycles. The van der Waals surface area contributed by atoms with E-state index in [0.717, 1.165) is 16.5 Å². The number of alkyl halides is 3. The van der Waals surface area contributed by atoms with Crippen molar-refractivity contribution in [3.8, 4) is 0 Å². The summed E-state index contributed by atoms with van der Waals surface area (Å²) in [7, 11) is 0. The van der Waals surface area contributed by atoms with Crippen LogP contribution in [0.2, 0.25) is 0 Å². The van der Waals surface area contributed by atoms with Gasteiger partial charge < -0.3 is 15.1 Å². The molecule has 2 amide bonds. The topological polar surface area (TPSA) is 53.9 Å². The Morgan fingerprint density at radius 3 is 2.30 bits per heavy atom. The van der Waals surface area contributed by atoms with E-state index in [-0.39, 0.29) is 18.2 Å². The molecule has 0 bridgehead atoms. The number of carbonyl (C=O) groups is 2. The quantitative estimate of drug-likeness (QED) is 0.779. The first kappa shape index (κ1) is 21.8. The third kappa shape index (κ3) is 6.06. The summed E-state index contributed by atoms with van der Waals surface area (Å²) in [5.41, 5.74) is 1.58. The maximum absolute atomic E-state index is 12.9. The van der Waals surface area contributed by atoms with Crippen LogP contribution in [0.1, 0.15) is 23.6 Å². The second-order valence-corrected chi connectivity index (χ2v) is 7.56. The first-order valence-electron chi connectivity index (χ1n) is 9.85. The molecule has 0 aliphatic carbocycles. The maximum Gasteiger partial charge on any atom is 0.416 e. The lowest BCUT2D eigenvalue weighted by atomic mass is 10.1. The SMILES string of the molecule is CC(=O)Nc1ccc(CC(=O)N2CC[NH+](Cc3cccc(C(F)(F)F)c3)CC2)cc1. The fourth-order valence-electron chi connectivity index (χ4n) is 3.59. The summed E-state index contributed by atoms with van der Waals surface area (Å²) in [6.45, 7) is 4.50. The number of nitrogens with one attached hydrogen (secondary N) is 2. The summed E-state index contributed by atoms with van der Waals surface area (Å²) in [5, 5.41) is 2.69. The average Bonchev–Trinajstić information content (AvgIpc) is 2.69. The lowest BCUT2D eigenvalue weighted by Gasteiger charge is -2.32. The molecule has 2 aromatic rings. The highest BCUT2D eigenvalue weighted by Gasteiger charge is 2.31. The summed E-state index contributed by atoms with van der Waals surface area (Å²) < 4.78 is 38.6. The van der Waals surface area contributed by atoms with Gasteiger partial charge in [-0.3, -0.25) is 9.59 Å². The smallest absolute Gasteiger partial charge is 0.331 e. The molecule has 0 unspecified atom stereocenters. The summed E-state index contributed by atoms with van der Waals surface area (Å²) in [6, 6.07) is 12.6. The van der Waals surface area contributed by atoms with Crippen molar-refractivity contribution >= 4 is 17.5 Å². The van der Waals surface area contributed by atoms with E-state index in [1.165, 1.54) is 19.1 Å². The first-order chi connectivity index (χ1) is 14.2. The predicted octanol–water partition coefficient (Wildman–Crippen LogP) is 2.13. The molecule has 8 heteroatoms. The van der Waals surface area contributed by atoms with Crippen molar-refractivity contribution in [1.29, 1.82) is 0 Å². The molecule has 1 aliphatic heterocycles. The Hall–Kier alpha value is -2.87. The van der Waals surface area contributed by atoms with Crippen molar-refractivity contribution in [3.05, 3.63) is 65.2 Å². The Morgan fingerprint density at radius 2 is 1.70 bits per heavy atom. The second kappa shape index (κ2) is 9.30. The number of anilines is 1. The molecule has 1 fully saturated rings. The number of hydrogen-bond donors (Lipinski definition) is 2. The van der Waals surface area contributed by atoms with E-state index in [9.17, 15) is 22.8 Å². The van der Waals surface area contributed by atoms with Crippen molar-refractivity contribution in [1.82, 2.24) is 4.90 Å². The lowest BCUT2D eigenvalue weighted by Crippen LogP contribution is -3.13.